The van der Waals surface area contributed by atoms with Crippen molar-refractivity contribution >= 4 is 29.9 Å². The van der Waals surface area contributed by atoms with Gasteiger partial charge < -0.3 is 10.6 Å². The van der Waals surface area contributed by atoms with Gasteiger partial charge in [0.15, 0.2) is 5.96 Å². The van der Waals surface area contributed by atoms with Gasteiger partial charge in [-0.1, -0.05) is 24.3 Å². The Morgan fingerprint density at radius 3 is 2.53 bits per heavy atom. The van der Waals surface area contributed by atoms with E-state index in [-0.39, 0.29) is 35.6 Å². The van der Waals surface area contributed by atoms with Crippen molar-refractivity contribution < 1.29 is 13.2 Å². The van der Waals surface area contributed by atoms with Crippen LogP contribution < -0.4 is 10.6 Å². The maximum Gasteiger partial charge on any atom is 0.401 e. The van der Waals surface area contributed by atoms with E-state index in [2.05, 4.69) is 58.6 Å². The second kappa shape index (κ2) is 10.5. The highest BCUT2D eigenvalue weighted by molar-refractivity contribution is 14.0. The number of likely N-dealkylation sites (tertiary alicyclic amines) is 1. The molecule has 0 saturated carbocycles. The van der Waals surface area contributed by atoms with Crippen LogP contribution in [0, 0.1) is 0 Å². The van der Waals surface area contributed by atoms with Gasteiger partial charge in [0.2, 0.25) is 0 Å². The van der Waals surface area contributed by atoms with Gasteiger partial charge in [-0.25, -0.2) is 0 Å². The van der Waals surface area contributed by atoms with Crippen molar-refractivity contribution in [2.75, 3.05) is 39.8 Å². The lowest BCUT2D eigenvalue weighted by atomic mass is 9.94. The van der Waals surface area contributed by atoms with E-state index in [1.54, 1.807) is 7.05 Å². The molecular formula is C21H33F3IN5. The first-order chi connectivity index (χ1) is 13.7. The maximum atomic E-state index is 12.6. The molecule has 3 rings (SSSR count). The fourth-order valence-electron chi connectivity index (χ4n) is 4.16. The highest BCUT2D eigenvalue weighted by Crippen LogP contribution is 2.25. The van der Waals surface area contributed by atoms with Crippen LogP contribution in [-0.4, -0.2) is 73.3 Å². The number of nitrogens with zero attached hydrogens (tertiary/aromatic N) is 3. The van der Waals surface area contributed by atoms with Gasteiger partial charge in [0.25, 0.3) is 0 Å². The SMILES string of the molecule is CN=C(NCC(C)(C)N1CCc2ccccc2C1)NC1CCN(CC(F)(F)F)C1.I. The van der Waals surface area contributed by atoms with Crippen molar-refractivity contribution in [1.82, 2.24) is 20.4 Å². The number of guanidine groups is 1. The summed E-state index contributed by atoms with van der Waals surface area (Å²) in [5.41, 5.74) is 2.73. The molecule has 2 aliphatic heterocycles. The van der Waals surface area contributed by atoms with Crippen molar-refractivity contribution in [3.63, 3.8) is 0 Å². The molecule has 0 bridgehead atoms. The van der Waals surface area contributed by atoms with Gasteiger partial charge in [-0.3, -0.25) is 14.8 Å². The molecule has 1 fully saturated rings. The minimum absolute atomic E-state index is 0. The summed E-state index contributed by atoms with van der Waals surface area (Å²) in [6.07, 6.45) is -2.42. The van der Waals surface area contributed by atoms with E-state index in [4.69, 9.17) is 0 Å². The van der Waals surface area contributed by atoms with Crippen LogP contribution in [0.25, 0.3) is 0 Å². The Bertz CT molecular complexity index is 723. The quantitative estimate of drug-likeness (QED) is 0.343. The zero-order chi connectivity index (χ0) is 21.1. The van der Waals surface area contributed by atoms with Gasteiger partial charge in [0.1, 0.15) is 0 Å². The Kier molecular flexibility index (Phi) is 8.81. The van der Waals surface area contributed by atoms with Gasteiger partial charge in [0.05, 0.1) is 6.54 Å². The molecule has 170 valence electrons. The molecule has 5 nitrogen and oxygen atoms in total. The van der Waals surface area contributed by atoms with Crippen LogP contribution in [0.3, 0.4) is 0 Å². The highest BCUT2D eigenvalue weighted by Gasteiger charge is 2.35. The number of aliphatic imine (C=N–C) groups is 1. The first kappa shape index (κ1) is 25.2. The second-order valence-corrected chi connectivity index (χ2v) is 8.66. The van der Waals surface area contributed by atoms with Gasteiger partial charge in [-0.05, 0) is 37.8 Å². The lowest BCUT2D eigenvalue weighted by molar-refractivity contribution is -0.143. The van der Waals surface area contributed by atoms with Crippen molar-refractivity contribution in [3.8, 4) is 0 Å². The molecule has 1 aromatic carbocycles. The van der Waals surface area contributed by atoms with E-state index in [1.165, 1.54) is 16.0 Å². The standard InChI is InChI=1S/C21H32F3N5.HI/c1-20(2,29-11-8-16-6-4-5-7-17(16)12-29)14-26-19(25-3)27-18-9-10-28(13-18)15-21(22,23)24;/h4-7,18H,8-15H2,1-3H3,(H2,25,26,27);1H. The van der Waals surface area contributed by atoms with E-state index in [0.717, 1.165) is 19.5 Å². The summed E-state index contributed by atoms with van der Waals surface area (Å²) >= 11 is 0. The number of hydrogen-bond acceptors (Lipinski definition) is 3. The molecule has 1 aromatic rings. The lowest BCUT2D eigenvalue weighted by Gasteiger charge is -2.42. The van der Waals surface area contributed by atoms with E-state index >= 15 is 0 Å². The number of alkyl halides is 3. The van der Waals surface area contributed by atoms with Crippen LogP contribution in [0.5, 0.6) is 0 Å². The average Bonchev–Trinajstić information content (AvgIpc) is 3.09. The number of halogens is 4. The Hall–Kier alpha value is -1.07. The molecule has 0 aromatic heterocycles. The predicted molar refractivity (Wildman–Crippen MR) is 125 cm³/mol. The zero-order valence-electron chi connectivity index (χ0n) is 17.9. The molecular weight excluding hydrogens is 506 g/mol. The lowest BCUT2D eigenvalue weighted by Crippen LogP contribution is -2.55. The topological polar surface area (TPSA) is 42.9 Å². The van der Waals surface area contributed by atoms with Gasteiger partial charge in [-0.2, -0.15) is 13.2 Å². The van der Waals surface area contributed by atoms with Crippen LogP contribution in [-0.2, 0) is 13.0 Å². The molecule has 1 unspecified atom stereocenters. The van der Waals surface area contributed by atoms with E-state index in [1.807, 2.05) is 0 Å². The van der Waals surface area contributed by atoms with Gasteiger partial charge in [-0.15, -0.1) is 24.0 Å². The van der Waals surface area contributed by atoms with Gasteiger partial charge >= 0.3 is 6.18 Å². The van der Waals surface area contributed by atoms with Crippen molar-refractivity contribution in [2.24, 2.45) is 4.99 Å². The van der Waals surface area contributed by atoms with Crippen LogP contribution in [0.4, 0.5) is 13.2 Å². The van der Waals surface area contributed by atoms with E-state index in [9.17, 15) is 13.2 Å². The summed E-state index contributed by atoms with van der Waals surface area (Å²) in [5.74, 6) is 0.648. The number of fused-ring (bicyclic) bond motifs is 1. The third-order valence-electron chi connectivity index (χ3n) is 5.91. The molecule has 2 heterocycles. The Balaban J connectivity index is 0.00000320. The number of benzene rings is 1. The van der Waals surface area contributed by atoms with E-state index in [0.29, 0.717) is 32.0 Å². The van der Waals surface area contributed by atoms with Crippen molar-refractivity contribution in [1.29, 1.82) is 0 Å². The Morgan fingerprint density at radius 2 is 1.87 bits per heavy atom. The Morgan fingerprint density at radius 1 is 1.17 bits per heavy atom. The molecule has 1 atom stereocenters. The van der Waals surface area contributed by atoms with E-state index < -0.39 is 12.7 Å². The smallest absolute Gasteiger partial charge is 0.355 e. The molecule has 0 aliphatic carbocycles. The maximum absolute atomic E-state index is 12.6. The largest absolute Gasteiger partial charge is 0.401 e. The third kappa shape index (κ3) is 6.98. The molecule has 9 heteroatoms. The minimum atomic E-state index is -4.15. The number of nitrogens with one attached hydrogen (secondary N) is 2. The van der Waals surface area contributed by atoms with Crippen LogP contribution in [0.15, 0.2) is 29.3 Å². The molecule has 0 radical (unpaired) electrons. The summed E-state index contributed by atoms with van der Waals surface area (Å²) in [7, 11) is 1.70. The summed E-state index contributed by atoms with van der Waals surface area (Å²) in [5, 5.41) is 6.66. The summed E-state index contributed by atoms with van der Waals surface area (Å²) < 4.78 is 37.7. The Labute approximate surface area is 194 Å². The fraction of sp³-hybridized carbons (Fsp3) is 0.667. The van der Waals surface area contributed by atoms with Crippen LogP contribution >= 0.6 is 24.0 Å². The van der Waals surface area contributed by atoms with Crippen LogP contribution in [0.1, 0.15) is 31.4 Å². The van der Waals surface area contributed by atoms with Gasteiger partial charge in [0, 0.05) is 51.4 Å². The minimum Gasteiger partial charge on any atom is -0.355 e. The second-order valence-electron chi connectivity index (χ2n) is 8.66. The molecule has 0 spiro atoms. The molecule has 2 aliphatic rings. The summed E-state index contributed by atoms with van der Waals surface area (Å²) in [6, 6.07) is 8.55. The molecule has 1 saturated heterocycles. The highest BCUT2D eigenvalue weighted by atomic mass is 127. The zero-order valence-corrected chi connectivity index (χ0v) is 20.3. The van der Waals surface area contributed by atoms with Crippen LogP contribution in [0.2, 0.25) is 0 Å². The summed E-state index contributed by atoms with van der Waals surface area (Å²) in [4.78, 5) is 8.18. The third-order valence-corrected chi connectivity index (χ3v) is 5.91. The first-order valence-electron chi connectivity index (χ1n) is 10.2. The molecule has 0 amide bonds. The fourth-order valence-corrected chi connectivity index (χ4v) is 4.16. The monoisotopic (exact) mass is 539 g/mol. The molecule has 30 heavy (non-hydrogen) atoms. The number of hydrogen-bond donors (Lipinski definition) is 2. The van der Waals surface area contributed by atoms with Crippen molar-refractivity contribution in [3.05, 3.63) is 35.4 Å². The number of rotatable bonds is 5. The predicted octanol–water partition coefficient (Wildman–Crippen LogP) is 3.24. The summed E-state index contributed by atoms with van der Waals surface area (Å²) in [6.45, 7) is 7.04. The average molecular weight is 539 g/mol. The van der Waals surface area contributed by atoms with Crippen molar-refractivity contribution in [2.45, 2.75) is 51.0 Å². The molecule has 2 N–H and O–H groups in total. The first-order valence-corrected chi connectivity index (χ1v) is 10.2. The normalized spacial score (nSPS) is 21.1.